The molecule has 0 fully saturated rings. The molecule has 0 saturated heterocycles. The Labute approximate surface area is 101 Å². The van der Waals surface area contributed by atoms with Crippen LogP contribution in [0.2, 0.25) is 0 Å². The molecule has 0 aliphatic rings. The molecule has 1 rings (SSSR count). The number of tetrazole rings is 1. The Morgan fingerprint density at radius 2 is 2.29 bits per heavy atom. The third-order valence-electron chi connectivity index (χ3n) is 2.53. The van der Waals surface area contributed by atoms with E-state index in [1.165, 1.54) is 0 Å². The minimum atomic E-state index is -0.162. The quantitative estimate of drug-likeness (QED) is 0.624. The fourth-order valence-electron chi connectivity index (χ4n) is 1.58. The van der Waals surface area contributed by atoms with Crippen molar-refractivity contribution >= 4 is 5.91 Å². The Morgan fingerprint density at radius 3 is 2.82 bits per heavy atom. The zero-order valence-electron chi connectivity index (χ0n) is 10.5. The molecule has 2 unspecified atom stereocenters. The lowest BCUT2D eigenvalue weighted by atomic mass is 10.1. The lowest BCUT2D eigenvalue weighted by Crippen LogP contribution is -2.37. The number of aromatic nitrogens is 4. The van der Waals surface area contributed by atoms with Crippen molar-refractivity contribution in [3.63, 3.8) is 0 Å². The van der Waals surface area contributed by atoms with Gasteiger partial charge in [0, 0.05) is 12.5 Å². The van der Waals surface area contributed by atoms with E-state index in [0.717, 1.165) is 12.8 Å². The Hall–Kier alpha value is -1.50. The smallest absolute Gasteiger partial charge is 0.224 e. The number of nitrogens with zero attached hydrogens (tertiary/aromatic N) is 3. The van der Waals surface area contributed by atoms with Crippen LogP contribution >= 0.6 is 0 Å². The second kappa shape index (κ2) is 6.95. The van der Waals surface area contributed by atoms with E-state index in [1.54, 1.807) is 0 Å². The number of carbonyl (C=O) groups is 1. The van der Waals surface area contributed by atoms with Gasteiger partial charge in [-0.05, 0) is 13.5 Å². The largest absolute Gasteiger partial charge is 0.346 e. The van der Waals surface area contributed by atoms with Crippen LogP contribution in [0.15, 0.2) is 0 Å². The Balaban J connectivity index is 2.58. The summed E-state index contributed by atoms with van der Waals surface area (Å²) >= 11 is 0. The molecule has 0 bridgehead atoms. The van der Waals surface area contributed by atoms with E-state index in [-0.39, 0.29) is 17.9 Å². The van der Waals surface area contributed by atoms with Gasteiger partial charge < -0.3 is 10.6 Å². The van der Waals surface area contributed by atoms with Gasteiger partial charge in [0.25, 0.3) is 0 Å². The first-order valence-electron chi connectivity index (χ1n) is 5.87. The number of nitrogens with one attached hydrogen (secondary N) is 3. The molecule has 7 heteroatoms. The van der Waals surface area contributed by atoms with Crippen LogP contribution in [0.25, 0.3) is 0 Å². The molecule has 1 heterocycles. The van der Waals surface area contributed by atoms with Crippen molar-refractivity contribution in [2.45, 2.75) is 32.7 Å². The molecule has 0 aliphatic heterocycles. The van der Waals surface area contributed by atoms with Gasteiger partial charge in [0.15, 0.2) is 5.82 Å². The summed E-state index contributed by atoms with van der Waals surface area (Å²) in [5.41, 5.74) is 0. The number of carbonyl (C=O) groups excluding carboxylic acids is 1. The van der Waals surface area contributed by atoms with Crippen LogP contribution in [-0.2, 0) is 4.79 Å². The highest BCUT2D eigenvalue weighted by Crippen LogP contribution is 2.13. The fourth-order valence-corrected chi connectivity index (χ4v) is 1.58. The predicted molar refractivity (Wildman–Crippen MR) is 63.1 cm³/mol. The van der Waals surface area contributed by atoms with Gasteiger partial charge in [0.1, 0.15) is 0 Å². The summed E-state index contributed by atoms with van der Waals surface area (Å²) in [6.07, 6.45) is 1.75. The molecule has 0 aromatic carbocycles. The summed E-state index contributed by atoms with van der Waals surface area (Å²) in [7, 11) is 1.83. The molecule has 1 aromatic rings. The minimum Gasteiger partial charge on any atom is -0.346 e. The number of H-pyrrole nitrogens is 1. The van der Waals surface area contributed by atoms with Crippen molar-refractivity contribution in [2.75, 3.05) is 13.6 Å². The van der Waals surface area contributed by atoms with E-state index in [1.807, 2.05) is 14.0 Å². The summed E-state index contributed by atoms with van der Waals surface area (Å²) in [4.78, 5) is 11.9. The van der Waals surface area contributed by atoms with Crippen molar-refractivity contribution in [3.8, 4) is 0 Å². The molecule has 17 heavy (non-hydrogen) atoms. The molecule has 2 atom stereocenters. The van der Waals surface area contributed by atoms with Gasteiger partial charge in [0.2, 0.25) is 5.91 Å². The SMILES string of the molecule is CCCC(NC(=O)C(C)CNC)c1nn[nH]n1. The summed E-state index contributed by atoms with van der Waals surface area (Å²) in [5, 5.41) is 19.7. The molecule has 1 amide bonds. The first-order chi connectivity index (χ1) is 8.19. The molecule has 3 N–H and O–H groups in total. The van der Waals surface area contributed by atoms with Crippen molar-refractivity contribution in [2.24, 2.45) is 5.92 Å². The van der Waals surface area contributed by atoms with Gasteiger partial charge in [-0.1, -0.05) is 25.5 Å². The van der Waals surface area contributed by atoms with Gasteiger partial charge in [-0.15, -0.1) is 10.2 Å². The average molecular weight is 240 g/mol. The van der Waals surface area contributed by atoms with E-state index in [0.29, 0.717) is 12.4 Å². The third kappa shape index (κ3) is 4.10. The van der Waals surface area contributed by atoms with Crippen molar-refractivity contribution < 1.29 is 4.79 Å². The monoisotopic (exact) mass is 240 g/mol. The number of hydrogen-bond donors (Lipinski definition) is 3. The summed E-state index contributed by atoms with van der Waals surface area (Å²) < 4.78 is 0. The zero-order chi connectivity index (χ0) is 12.7. The number of aromatic amines is 1. The normalized spacial score (nSPS) is 14.3. The standard InChI is InChI=1S/C10H20N6O/c1-4-5-8(9-13-15-16-14-9)12-10(17)7(2)6-11-3/h7-8,11H,4-6H2,1-3H3,(H,12,17)(H,13,14,15,16). The van der Waals surface area contributed by atoms with Crippen LogP contribution in [-0.4, -0.2) is 40.1 Å². The van der Waals surface area contributed by atoms with Gasteiger partial charge in [-0.25, -0.2) is 0 Å². The van der Waals surface area contributed by atoms with Crippen LogP contribution in [0.4, 0.5) is 0 Å². The van der Waals surface area contributed by atoms with E-state index < -0.39 is 0 Å². The van der Waals surface area contributed by atoms with E-state index in [4.69, 9.17) is 0 Å². The highest BCUT2D eigenvalue weighted by atomic mass is 16.2. The van der Waals surface area contributed by atoms with Gasteiger partial charge in [-0.3, -0.25) is 4.79 Å². The first-order valence-corrected chi connectivity index (χ1v) is 5.87. The van der Waals surface area contributed by atoms with Crippen LogP contribution in [0, 0.1) is 5.92 Å². The van der Waals surface area contributed by atoms with Crippen LogP contribution < -0.4 is 10.6 Å². The Kier molecular flexibility index (Phi) is 5.55. The third-order valence-corrected chi connectivity index (χ3v) is 2.53. The number of amides is 1. The molecule has 0 radical (unpaired) electrons. The maximum absolute atomic E-state index is 11.9. The van der Waals surface area contributed by atoms with Crippen LogP contribution in [0.1, 0.15) is 38.6 Å². The van der Waals surface area contributed by atoms with Crippen LogP contribution in [0.5, 0.6) is 0 Å². The zero-order valence-corrected chi connectivity index (χ0v) is 10.5. The summed E-state index contributed by atoms with van der Waals surface area (Å²) in [6.45, 7) is 4.58. The van der Waals surface area contributed by atoms with E-state index in [9.17, 15) is 4.79 Å². The van der Waals surface area contributed by atoms with Gasteiger partial charge in [-0.2, -0.15) is 5.21 Å². The van der Waals surface area contributed by atoms with E-state index >= 15 is 0 Å². The molecule has 1 aromatic heterocycles. The van der Waals surface area contributed by atoms with Gasteiger partial charge >= 0.3 is 0 Å². The molecule has 0 aliphatic carbocycles. The number of rotatable bonds is 7. The Morgan fingerprint density at radius 1 is 1.53 bits per heavy atom. The molecule has 0 saturated carbocycles. The first kappa shape index (κ1) is 13.6. The highest BCUT2D eigenvalue weighted by molar-refractivity contribution is 5.78. The highest BCUT2D eigenvalue weighted by Gasteiger charge is 2.20. The Bertz CT molecular complexity index is 326. The van der Waals surface area contributed by atoms with Crippen LogP contribution in [0.3, 0.4) is 0 Å². The minimum absolute atomic E-state index is 0.00241. The fraction of sp³-hybridized carbons (Fsp3) is 0.800. The predicted octanol–water partition coefficient (Wildman–Crippen LogP) is 0.0126. The summed E-state index contributed by atoms with van der Waals surface area (Å²) in [5.74, 6) is 0.464. The second-order valence-corrected chi connectivity index (χ2v) is 4.08. The maximum atomic E-state index is 11.9. The second-order valence-electron chi connectivity index (χ2n) is 4.08. The average Bonchev–Trinajstić information content (AvgIpc) is 2.82. The van der Waals surface area contributed by atoms with E-state index in [2.05, 4.69) is 38.2 Å². The number of hydrogen-bond acceptors (Lipinski definition) is 5. The van der Waals surface area contributed by atoms with Crippen molar-refractivity contribution in [1.82, 2.24) is 31.3 Å². The molecular weight excluding hydrogens is 220 g/mol. The molecule has 0 spiro atoms. The lowest BCUT2D eigenvalue weighted by molar-refractivity contribution is -0.125. The lowest BCUT2D eigenvalue weighted by Gasteiger charge is -2.17. The summed E-state index contributed by atoms with van der Waals surface area (Å²) in [6, 6.07) is -0.162. The molecule has 7 nitrogen and oxygen atoms in total. The van der Waals surface area contributed by atoms with Gasteiger partial charge in [0.05, 0.1) is 6.04 Å². The molecule has 96 valence electrons. The maximum Gasteiger partial charge on any atom is 0.224 e. The van der Waals surface area contributed by atoms with Crippen molar-refractivity contribution in [3.05, 3.63) is 5.82 Å². The van der Waals surface area contributed by atoms with Crippen molar-refractivity contribution in [1.29, 1.82) is 0 Å². The molecular formula is C10H20N6O. The topological polar surface area (TPSA) is 95.6 Å².